The van der Waals surface area contributed by atoms with E-state index < -0.39 is 10.0 Å². The Labute approximate surface area is 270 Å². The van der Waals surface area contributed by atoms with Crippen molar-refractivity contribution in [3.05, 3.63) is 71.2 Å². The summed E-state index contributed by atoms with van der Waals surface area (Å²) in [5, 5.41) is 8.78. The summed E-state index contributed by atoms with van der Waals surface area (Å²) in [6.45, 7) is 6.70. The van der Waals surface area contributed by atoms with Crippen LogP contribution in [0.25, 0.3) is 0 Å². The topological polar surface area (TPSA) is 108 Å². The first-order valence-corrected chi connectivity index (χ1v) is 17.5. The highest BCUT2D eigenvalue weighted by atomic mass is 35.5. The normalized spacial score (nSPS) is 16.2. The quantitative estimate of drug-likeness (QED) is 0.296. The molecule has 0 radical (unpaired) electrons. The summed E-state index contributed by atoms with van der Waals surface area (Å²) < 4.78 is 28.1. The number of nitrogens with two attached hydrogens (primary N) is 1. The van der Waals surface area contributed by atoms with Crippen LogP contribution < -0.4 is 20.1 Å². The average molecular weight is 660 g/mol. The van der Waals surface area contributed by atoms with E-state index in [9.17, 15) is 13.2 Å². The van der Waals surface area contributed by atoms with Crippen LogP contribution in [0.2, 0.25) is 5.02 Å². The van der Waals surface area contributed by atoms with Crippen molar-refractivity contribution in [3.63, 3.8) is 0 Å². The number of likely N-dealkylation sites (tertiary alicyclic amines) is 1. The number of likely N-dealkylation sites (N-methyl/N-ethyl adjacent to an activating group) is 1. The smallest absolute Gasteiger partial charge is 0.255 e. The highest BCUT2D eigenvalue weighted by Gasteiger charge is 2.25. The molecule has 3 N–H and O–H groups in total. The van der Waals surface area contributed by atoms with Gasteiger partial charge in [-0.3, -0.25) is 9.69 Å². The standard InChI is InChI=1S/C17H19ClN2S.C15H23N3O4S/c1-19(2)10-5-11-20-14-6-3-4-7-16(14)21-17-9-8-13(18)12-15(17)20;1-3-18-8-4-5-11(18)10-17-15(19)13-9-12(23(16,20)21)6-7-14(13)22-2/h3-4,6-9,12H,5,10-11H2,1-2H3;6-7,9,11H,3-5,8,10H2,1-2H3,(H,17,19)(H2,16,20,21). The highest BCUT2D eigenvalue weighted by Crippen LogP contribution is 2.48. The van der Waals surface area contributed by atoms with Gasteiger partial charge in [-0.1, -0.05) is 42.4 Å². The molecule has 1 amide bonds. The van der Waals surface area contributed by atoms with Gasteiger partial charge in [0.1, 0.15) is 5.75 Å². The number of carbonyl (C=O) groups excluding carboxylic acids is 1. The molecule has 1 unspecified atom stereocenters. The van der Waals surface area contributed by atoms with Crippen LogP contribution in [0.4, 0.5) is 11.4 Å². The molecule has 3 aromatic carbocycles. The van der Waals surface area contributed by atoms with E-state index in [1.165, 1.54) is 46.5 Å². The third kappa shape index (κ3) is 8.68. The predicted octanol–water partition coefficient (Wildman–Crippen LogP) is 5.45. The molecular formula is C32H42ClN5O4S2. The zero-order valence-electron chi connectivity index (χ0n) is 25.8. The highest BCUT2D eigenvalue weighted by molar-refractivity contribution is 7.99. The van der Waals surface area contributed by atoms with Gasteiger partial charge < -0.3 is 19.9 Å². The van der Waals surface area contributed by atoms with Gasteiger partial charge in [0.2, 0.25) is 10.0 Å². The number of carbonyl (C=O) groups is 1. The summed E-state index contributed by atoms with van der Waals surface area (Å²) in [6.07, 6.45) is 3.29. The van der Waals surface area contributed by atoms with Gasteiger partial charge in [0.15, 0.2) is 0 Å². The molecule has 12 heteroatoms. The molecule has 2 aliphatic rings. The number of fused-ring (bicyclic) bond motifs is 2. The number of rotatable bonds is 10. The van der Waals surface area contributed by atoms with Gasteiger partial charge in [-0.2, -0.15) is 0 Å². The van der Waals surface area contributed by atoms with Crippen molar-refractivity contribution in [2.45, 2.75) is 46.9 Å². The minimum Gasteiger partial charge on any atom is -0.496 e. The van der Waals surface area contributed by atoms with E-state index in [2.05, 4.69) is 77.4 Å². The van der Waals surface area contributed by atoms with Gasteiger partial charge in [-0.25, -0.2) is 13.6 Å². The fraction of sp³-hybridized carbons (Fsp3) is 0.406. The number of para-hydroxylation sites is 1. The number of ether oxygens (including phenoxy) is 1. The monoisotopic (exact) mass is 659 g/mol. The van der Waals surface area contributed by atoms with Gasteiger partial charge in [0, 0.05) is 33.9 Å². The molecule has 1 fully saturated rings. The van der Waals surface area contributed by atoms with Crippen molar-refractivity contribution in [2.24, 2.45) is 5.14 Å². The van der Waals surface area contributed by atoms with Crippen molar-refractivity contribution in [3.8, 4) is 5.75 Å². The Hall–Kier alpha value is -2.80. The van der Waals surface area contributed by atoms with Gasteiger partial charge in [-0.05, 0) is 102 Å². The Morgan fingerprint density at radius 3 is 2.57 bits per heavy atom. The molecule has 0 spiro atoms. The van der Waals surface area contributed by atoms with Gasteiger partial charge >= 0.3 is 0 Å². The molecule has 9 nitrogen and oxygen atoms in total. The molecule has 1 saturated heterocycles. The number of methoxy groups -OCH3 is 1. The Morgan fingerprint density at radius 2 is 1.86 bits per heavy atom. The van der Waals surface area contributed by atoms with Crippen LogP contribution in [0.5, 0.6) is 5.75 Å². The molecule has 3 aromatic rings. The van der Waals surface area contributed by atoms with Crippen LogP contribution >= 0.6 is 23.4 Å². The lowest BCUT2D eigenvalue weighted by atomic mass is 10.1. The summed E-state index contributed by atoms with van der Waals surface area (Å²) in [6, 6.07) is 19.1. The number of sulfonamides is 1. The Kier molecular flexibility index (Phi) is 12.0. The van der Waals surface area contributed by atoms with E-state index in [1.807, 2.05) is 17.8 Å². The first-order valence-electron chi connectivity index (χ1n) is 14.7. The summed E-state index contributed by atoms with van der Waals surface area (Å²) in [7, 11) is 1.79. The van der Waals surface area contributed by atoms with Crippen LogP contribution in [0.15, 0.2) is 75.4 Å². The number of halogens is 1. The van der Waals surface area contributed by atoms with E-state index in [1.54, 1.807) is 0 Å². The molecule has 5 rings (SSSR count). The molecule has 0 bridgehead atoms. The minimum absolute atomic E-state index is 0.112. The van der Waals surface area contributed by atoms with Crippen LogP contribution in [0.1, 0.15) is 36.5 Å². The molecule has 2 heterocycles. The number of primary sulfonamides is 1. The summed E-state index contributed by atoms with van der Waals surface area (Å²) in [4.78, 5) is 21.8. The largest absolute Gasteiger partial charge is 0.496 e. The Morgan fingerprint density at radius 1 is 1.11 bits per heavy atom. The second kappa shape index (κ2) is 15.5. The maximum atomic E-state index is 12.4. The number of benzene rings is 3. The van der Waals surface area contributed by atoms with Crippen molar-refractivity contribution in [2.75, 3.05) is 58.8 Å². The van der Waals surface area contributed by atoms with Crippen molar-refractivity contribution >= 4 is 50.7 Å². The zero-order valence-corrected chi connectivity index (χ0v) is 28.1. The van der Waals surface area contributed by atoms with Gasteiger partial charge in [0.05, 0.1) is 28.9 Å². The van der Waals surface area contributed by atoms with Crippen LogP contribution in [-0.2, 0) is 10.0 Å². The molecule has 0 aliphatic carbocycles. The molecular weight excluding hydrogens is 618 g/mol. The molecule has 1 atom stereocenters. The fourth-order valence-corrected chi connectivity index (χ4v) is 7.26. The fourth-order valence-electron chi connectivity index (χ4n) is 5.48. The molecule has 0 aromatic heterocycles. The lowest BCUT2D eigenvalue weighted by Crippen LogP contribution is -2.40. The van der Waals surface area contributed by atoms with E-state index in [-0.39, 0.29) is 16.4 Å². The van der Waals surface area contributed by atoms with E-state index in [4.69, 9.17) is 21.5 Å². The maximum absolute atomic E-state index is 12.4. The summed E-state index contributed by atoms with van der Waals surface area (Å²) in [5.74, 6) is -0.0519. The number of amides is 1. The first-order chi connectivity index (χ1) is 21.0. The number of nitrogens with one attached hydrogen (secondary N) is 1. The van der Waals surface area contributed by atoms with Crippen molar-refractivity contribution in [1.82, 2.24) is 15.1 Å². The second-order valence-electron chi connectivity index (χ2n) is 11.0. The van der Waals surface area contributed by atoms with Crippen LogP contribution in [0, 0.1) is 0 Å². The zero-order chi connectivity index (χ0) is 31.9. The summed E-state index contributed by atoms with van der Waals surface area (Å²) in [5.41, 5.74) is 2.68. The van der Waals surface area contributed by atoms with Gasteiger partial charge in [-0.15, -0.1) is 0 Å². The lowest BCUT2D eigenvalue weighted by Gasteiger charge is -2.33. The minimum atomic E-state index is -3.87. The third-order valence-corrected chi connectivity index (χ3v) is 10.00. The molecule has 2 aliphatic heterocycles. The number of hydrogen-bond acceptors (Lipinski definition) is 8. The molecule has 0 saturated carbocycles. The average Bonchev–Trinajstić information content (AvgIpc) is 3.47. The van der Waals surface area contributed by atoms with Crippen LogP contribution in [0.3, 0.4) is 0 Å². The van der Waals surface area contributed by atoms with Crippen LogP contribution in [-0.4, -0.2) is 84.1 Å². The van der Waals surface area contributed by atoms with E-state index in [0.29, 0.717) is 18.3 Å². The predicted molar refractivity (Wildman–Crippen MR) is 179 cm³/mol. The van der Waals surface area contributed by atoms with Crippen molar-refractivity contribution in [1.29, 1.82) is 0 Å². The molecule has 44 heavy (non-hydrogen) atoms. The Bertz CT molecular complexity index is 1550. The number of hydrogen-bond donors (Lipinski definition) is 2. The van der Waals surface area contributed by atoms with Crippen molar-refractivity contribution < 1.29 is 17.9 Å². The Balaban J connectivity index is 0.000000201. The lowest BCUT2D eigenvalue weighted by molar-refractivity contribution is 0.0938. The van der Waals surface area contributed by atoms with E-state index in [0.717, 1.165) is 50.5 Å². The second-order valence-corrected chi connectivity index (χ2v) is 14.1. The summed E-state index contributed by atoms with van der Waals surface area (Å²) >= 11 is 8.03. The molecule has 238 valence electrons. The number of anilines is 2. The number of nitrogens with zero attached hydrogens (tertiary/aromatic N) is 3. The first kappa shape index (κ1) is 34.1. The van der Waals surface area contributed by atoms with Gasteiger partial charge in [0.25, 0.3) is 5.91 Å². The van der Waals surface area contributed by atoms with E-state index >= 15 is 0 Å². The maximum Gasteiger partial charge on any atom is 0.255 e. The third-order valence-electron chi connectivity index (χ3n) is 7.72. The SMILES string of the molecule is CCN1CCCC1CNC(=O)c1cc(S(N)(=O)=O)ccc1OC.CN(C)CCCN1c2ccccc2Sc2ccc(Cl)cc21.